The Bertz CT molecular complexity index is 256. The first kappa shape index (κ1) is 13.0. The van der Waals surface area contributed by atoms with E-state index in [1.165, 1.54) is 0 Å². The summed E-state index contributed by atoms with van der Waals surface area (Å²) in [5.74, 6) is -1.27. The minimum atomic E-state index is -0.778. The standard InChI is InChI=1S/C11H20N2O3/c12-5-2-6-13-10(14)8-3-1-4-9(7-8)11(15)16/h8-9H,1-7,12H2,(H,13,14)(H,15,16). The van der Waals surface area contributed by atoms with E-state index in [1.54, 1.807) is 0 Å². The summed E-state index contributed by atoms with van der Waals surface area (Å²) in [6.07, 6.45) is 3.57. The average Bonchev–Trinajstić information content (AvgIpc) is 2.29. The molecule has 2 unspecified atom stereocenters. The molecular formula is C11H20N2O3. The van der Waals surface area contributed by atoms with Gasteiger partial charge in [-0.25, -0.2) is 0 Å². The van der Waals surface area contributed by atoms with Gasteiger partial charge in [0.15, 0.2) is 0 Å². The number of aliphatic carboxylic acids is 1. The number of hydrogen-bond acceptors (Lipinski definition) is 3. The summed E-state index contributed by atoms with van der Waals surface area (Å²) in [6.45, 7) is 1.15. The summed E-state index contributed by atoms with van der Waals surface area (Å²) >= 11 is 0. The molecule has 0 heterocycles. The fourth-order valence-corrected chi connectivity index (χ4v) is 2.11. The molecule has 0 saturated heterocycles. The van der Waals surface area contributed by atoms with Crippen molar-refractivity contribution in [2.75, 3.05) is 13.1 Å². The molecule has 1 saturated carbocycles. The third-order valence-electron chi connectivity index (χ3n) is 3.07. The average molecular weight is 228 g/mol. The minimum absolute atomic E-state index is 0.0144. The number of nitrogens with two attached hydrogens (primary N) is 1. The van der Waals surface area contributed by atoms with E-state index >= 15 is 0 Å². The topological polar surface area (TPSA) is 92.4 Å². The van der Waals surface area contributed by atoms with E-state index in [4.69, 9.17) is 10.8 Å². The Morgan fingerprint density at radius 3 is 2.62 bits per heavy atom. The van der Waals surface area contributed by atoms with Crippen molar-refractivity contribution in [3.05, 3.63) is 0 Å². The molecule has 0 bridgehead atoms. The van der Waals surface area contributed by atoms with E-state index in [-0.39, 0.29) is 17.7 Å². The molecule has 1 rings (SSSR count). The molecule has 0 aromatic heterocycles. The number of rotatable bonds is 5. The molecule has 0 aromatic carbocycles. The predicted molar refractivity (Wildman–Crippen MR) is 59.8 cm³/mol. The van der Waals surface area contributed by atoms with Crippen molar-refractivity contribution >= 4 is 11.9 Å². The summed E-state index contributed by atoms with van der Waals surface area (Å²) in [6, 6.07) is 0. The van der Waals surface area contributed by atoms with Crippen LogP contribution in [0.3, 0.4) is 0 Å². The maximum Gasteiger partial charge on any atom is 0.306 e. The van der Waals surface area contributed by atoms with Crippen LogP contribution in [0.2, 0.25) is 0 Å². The molecule has 5 nitrogen and oxygen atoms in total. The Hall–Kier alpha value is -1.10. The molecule has 1 aliphatic carbocycles. The number of carboxylic acid groups (broad SMARTS) is 1. The van der Waals surface area contributed by atoms with Gasteiger partial charge in [0, 0.05) is 12.5 Å². The Labute approximate surface area is 95.4 Å². The van der Waals surface area contributed by atoms with Crippen molar-refractivity contribution in [1.29, 1.82) is 0 Å². The minimum Gasteiger partial charge on any atom is -0.481 e. The van der Waals surface area contributed by atoms with Gasteiger partial charge in [-0.3, -0.25) is 9.59 Å². The molecule has 5 heteroatoms. The van der Waals surface area contributed by atoms with Crippen molar-refractivity contribution in [2.24, 2.45) is 17.6 Å². The van der Waals surface area contributed by atoms with Crippen molar-refractivity contribution in [2.45, 2.75) is 32.1 Å². The highest BCUT2D eigenvalue weighted by Crippen LogP contribution is 2.29. The number of carboxylic acids is 1. The molecule has 1 aliphatic rings. The third kappa shape index (κ3) is 3.81. The van der Waals surface area contributed by atoms with Crippen LogP contribution in [0.15, 0.2) is 0 Å². The summed E-state index contributed by atoms with van der Waals surface area (Å²) in [7, 11) is 0. The molecule has 2 atom stereocenters. The molecule has 92 valence electrons. The quantitative estimate of drug-likeness (QED) is 0.592. The van der Waals surface area contributed by atoms with Gasteiger partial charge in [-0.15, -0.1) is 0 Å². The predicted octanol–water partition coefficient (Wildman–Crippen LogP) is 0.342. The lowest BCUT2D eigenvalue weighted by Crippen LogP contribution is -2.36. The van der Waals surface area contributed by atoms with Gasteiger partial charge in [0.2, 0.25) is 5.91 Å². The highest BCUT2D eigenvalue weighted by molar-refractivity contribution is 5.80. The van der Waals surface area contributed by atoms with Crippen LogP contribution in [0.1, 0.15) is 32.1 Å². The van der Waals surface area contributed by atoms with E-state index in [2.05, 4.69) is 5.32 Å². The van der Waals surface area contributed by atoms with E-state index in [1.807, 2.05) is 0 Å². The van der Waals surface area contributed by atoms with Crippen LogP contribution in [-0.2, 0) is 9.59 Å². The maximum absolute atomic E-state index is 11.7. The molecule has 0 radical (unpaired) electrons. The second kappa shape index (κ2) is 6.48. The lowest BCUT2D eigenvalue weighted by Gasteiger charge is -2.25. The van der Waals surface area contributed by atoms with Crippen molar-refractivity contribution in [1.82, 2.24) is 5.32 Å². The zero-order chi connectivity index (χ0) is 12.0. The van der Waals surface area contributed by atoms with Crippen LogP contribution < -0.4 is 11.1 Å². The number of amides is 1. The van der Waals surface area contributed by atoms with Gasteiger partial charge in [-0.2, -0.15) is 0 Å². The molecule has 1 fully saturated rings. The Balaban J connectivity index is 2.35. The molecular weight excluding hydrogens is 208 g/mol. The molecule has 16 heavy (non-hydrogen) atoms. The van der Waals surface area contributed by atoms with Gasteiger partial charge in [0.1, 0.15) is 0 Å². The van der Waals surface area contributed by atoms with E-state index < -0.39 is 5.97 Å². The Morgan fingerprint density at radius 1 is 1.31 bits per heavy atom. The monoisotopic (exact) mass is 228 g/mol. The maximum atomic E-state index is 11.7. The second-order valence-corrected chi connectivity index (χ2v) is 4.33. The van der Waals surface area contributed by atoms with Crippen molar-refractivity contribution in [3.8, 4) is 0 Å². The largest absolute Gasteiger partial charge is 0.481 e. The molecule has 1 amide bonds. The number of nitrogens with one attached hydrogen (secondary N) is 1. The van der Waals surface area contributed by atoms with Crippen LogP contribution >= 0.6 is 0 Å². The number of carbonyl (C=O) groups is 2. The van der Waals surface area contributed by atoms with E-state index in [9.17, 15) is 9.59 Å². The fourth-order valence-electron chi connectivity index (χ4n) is 2.11. The summed E-state index contributed by atoms with van der Waals surface area (Å²) in [5, 5.41) is 11.7. The first-order valence-corrected chi connectivity index (χ1v) is 5.85. The fraction of sp³-hybridized carbons (Fsp3) is 0.818. The van der Waals surface area contributed by atoms with Gasteiger partial charge in [-0.1, -0.05) is 6.42 Å². The van der Waals surface area contributed by atoms with Gasteiger partial charge in [0.05, 0.1) is 5.92 Å². The summed E-state index contributed by atoms with van der Waals surface area (Å²) in [5.41, 5.74) is 5.33. The van der Waals surface area contributed by atoms with Gasteiger partial charge < -0.3 is 16.2 Å². The summed E-state index contributed by atoms with van der Waals surface area (Å²) < 4.78 is 0. The molecule has 0 aromatic rings. The Kier molecular flexibility index (Phi) is 5.25. The first-order valence-electron chi connectivity index (χ1n) is 5.85. The van der Waals surface area contributed by atoms with Crippen LogP contribution in [0.25, 0.3) is 0 Å². The van der Waals surface area contributed by atoms with Crippen LogP contribution in [0.4, 0.5) is 0 Å². The third-order valence-corrected chi connectivity index (χ3v) is 3.07. The van der Waals surface area contributed by atoms with Gasteiger partial charge >= 0.3 is 5.97 Å². The van der Waals surface area contributed by atoms with Gasteiger partial charge in [0.25, 0.3) is 0 Å². The van der Waals surface area contributed by atoms with E-state index in [0.717, 1.165) is 19.3 Å². The van der Waals surface area contributed by atoms with E-state index in [0.29, 0.717) is 25.9 Å². The number of hydrogen-bond donors (Lipinski definition) is 3. The highest BCUT2D eigenvalue weighted by Gasteiger charge is 2.30. The Morgan fingerprint density at radius 2 is 2.00 bits per heavy atom. The van der Waals surface area contributed by atoms with Crippen LogP contribution in [-0.4, -0.2) is 30.1 Å². The normalized spacial score (nSPS) is 25.1. The zero-order valence-electron chi connectivity index (χ0n) is 9.45. The zero-order valence-corrected chi connectivity index (χ0v) is 9.45. The van der Waals surface area contributed by atoms with Crippen molar-refractivity contribution in [3.63, 3.8) is 0 Å². The highest BCUT2D eigenvalue weighted by atomic mass is 16.4. The smallest absolute Gasteiger partial charge is 0.306 e. The lowest BCUT2D eigenvalue weighted by atomic mass is 9.81. The first-order chi connectivity index (χ1) is 7.65. The van der Waals surface area contributed by atoms with Crippen LogP contribution in [0.5, 0.6) is 0 Å². The van der Waals surface area contributed by atoms with Crippen molar-refractivity contribution < 1.29 is 14.7 Å². The SMILES string of the molecule is NCCCNC(=O)C1CCCC(C(=O)O)C1. The van der Waals surface area contributed by atoms with Gasteiger partial charge in [-0.05, 0) is 32.2 Å². The molecule has 0 spiro atoms. The summed E-state index contributed by atoms with van der Waals surface area (Å²) in [4.78, 5) is 22.5. The molecule has 4 N–H and O–H groups in total. The lowest BCUT2D eigenvalue weighted by molar-refractivity contribution is -0.144. The molecule has 0 aliphatic heterocycles. The van der Waals surface area contributed by atoms with Crippen LogP contribution in [0, 0.1) is 11.8 Å². The number of carbonyl (C=O) groups excluding carboxylic acids is 1. The second-order valence-electron chi connectivity index (χ2n) is 4.33.